The van der Waals surface area contributed by atoms with Crippen LogP contribution in [-0.4, -0.2) is 73.2 Å². The Labute approximate surface area is 187 Å². The molecule has 3 rings (SSSR count). The van der Waals surface area contributed by atoms with Crippen molar-refractivity contribution in [3.8, 4) is 0 Å². The molecule has 1 amide bonds. The number of rotatable bonds is 8. The fourth-order valence-electron chi connectivity index (χ4n) is 3.49. The lowest BCUT2D eigenvalue weighted by Gasteiger charge is -2.37. The number of aliphatic hydroxyl groups is 1. The maximum absolute atomic E-state index is 12.7. The molecule has 1 saturated heterocycles. The number of nitrogens with one attached hydrogen (secondary N) is 1. The zero-order valence-electron chi connectivity index (χ0n) is 17.6. The number of hydrogen-bond acceptors (Lipinski definition) is 6. The number of benzene rings is 2. The first kappa shape index (κ1) is 22.9. The van der Waals surface area contributed by atoms with Gasteiger partial charge in [-0.25, -0.2) is 4.79 Å². The van der Waals surface area contributed by atoms with Crippen LogP contribution in [0.1, 0.15) is 27.6 Å². The molecule has 1 unspecified atom stereocenters. The molecule has 7 nitrogen and oxygen atoms in total. The first-order valence-corrected chi connectivity index (χ1v) is 10.9. The van der Waals surface area contributed by atoms with Gasteiger partial charge in [-0.15, -0.1) is 11.6 Å². The quantitative estimate of drug-likeness (QED) is 0.480. The number of carbonyl (C=O) groups excluding carboxylic acids is 2. The molecule has 1 heterocycles. The van der Waals surface area contributed by atoms with E-state index >= 15 is 0 Å². The van der Waals surface area contributed by atoms with E-state index in [2.05, 4.69) is 10.2 Å². The van der Waals surface area contributed by atoms with Gasteiger partial charge in [0, 0.05) is 38.3 Å². The van der Waals surface area contributed by atoms with Crippen molar-refractivity contribution >= 4 is 34.9 Å². The highest BCUT2D eigenvalue weighted by atomic mass is 35.5. The van der Waals surface area contributed by atoms with Crippen LogP contribution in [-0.2, 0) is 4.74 Å². The zero-order chi connectivity index (χ0) is 22.2. The molecule has 0 saturated carbocycles. The van der Waals surface area contributed by atoms with Crippen LogP contribution >= 0.6 is 11.6 Å². The van der Waals surface area contributed by atoms with Gasteiger partial charge in [-0.2, -0.15) is 0 Å². The smallest absolute Gasteiger partial charge is 0.338 e. The third-order valence-corrected chi connectivity index (χ3v) is 5.50. The van der Waals surface area contributed by atoms with Crippen molar-refractivity contribution in [2.45, 2.75) is 13.0 Å². The summed E-state index contributed by atoms with van der Waals surface area (Å²) in [6.45, 7) is 4.82. The topological polar surface area (TPSA) is 82.1 Å². The molecule has 166 valence electrons. The van der Waals surface area contributed by atoms with Crippen molar-refractivity contribution in [3.05, 3.63) is 59.7 Å². The monoisotopic (exact) mass is 445 g/mol. The molecule has 0 spiro atoms. The lowest BCUT2D eigenvalue weighted by Crippen LogP contribution is -2.49. The summed E-state index contributed by atoms with van der Waals surface area (Å²) >= 11 is 5.71. The minimum absolute atomic E-state index is 0.0292. The predicted octanol–water partition coefficient (Wildman–Crippen LogP) is 2.84. The predicted molar refractivity (Wildman–Crippen MR) is 122 cm³/mol. The second kappa shape index (κ2) is 11.0. The number of piperazine rings is 1. The standard InChI is InChI=1S/C23H28ClN3O4/c1-2-31-23(30)18-8-9-21(20(14-18)25-16-19(28)15-24)26-10-12-27(13-11-26)22(29)17-6-4-3-5-7-17/h3-9,14,19,25,28H,2,10-13,15-16H2,1H3. The van der Waals surface area contributed by atoms with Crippen molar-refractivity contribution in [1.29, 1.82) is 0 Å². The van der Waals surface area contributed by atoms with E-state index in [1.165, 1.54) is 0 Å². The molecule has 0 bridgehead atoms. The van der Waals surface area contributed by atoms with E-state index in [9.17, 15) is 14.7 Å². The Bertz CT molecular complexity index is 886. The molecular formula is C23H28ClN3O4. The SMILES string of the molecule is CCOC(=O)c1ccc(N2CCN(C(=O)c3ccccc3)CC2)c(NCC(O)CCl)c1. The van der Waals surface area contributed by atoms with Crippen LogP contribution in [0.3, 0.4) is 0 Å². The number of nitrogens with zero attached hydrogens (tertiary/aromatic N) is 2. The normalized spacial score (nSPS) is 14.8. The molecule has 2 N–H and O–H groups in total. The number of carbonyl (C=O) groups is 2. The van der Waals surface area contributed by atoms with Crippen LogP contribution < -0.4 is 10.2 Å². The van der Waals surface area contributed by atoms with Crippen molar-refractivity contribution in [1.82, 2.24) is 4.90 Å². The van der Waals surface area contributed by atoms with Crippen LogP contribution in [0.4, 0.5) is 11.4 Å². The van der Waals surface area contributed by atoms with Gasteiger partial charge in [0.05, 0.1) is 35.5 Å². The highest BCUT2D eigenvalue weighted by molar-refractivity contribution is 6.18. The Morgan fingerprint density at radius 1 is 1.10 bits per heavy atom. The fourth-order valence-corrected chi connectivity index (χ4v) is 3.60. The van der Waals surface area contributed by atoms with Gasteiger partial charge in [0.15, 0.2) is 0 Å². The largest absolute Gasteiger partial charge is 0.462 e. The molecule has 31 heavy (non-hydrogen) atoms. The van der Waals surface area contributed by atoms with Crippen molar-refractivity contribution in [2.75, 3.05) is 55.4 Å². The van der Waals surface area contributed by atoms with E-state index in [1.54, 1.807) is 19.1 Å². The van der Waals surface area contributed by atoms with E-state index in [-0.39, 0.29) is 18.3 Å². The Hall–Kier alpha value is -2.77. The summed E-state index contributed by atoms with van der Waals surface area (Å²) in [4.78, 5) is 28.9. The number of anilines is 2. The van der Waals surface area contributed by atoms with Crippen molar-refractivity contribution in [3.63, 3.8) is 0 Å². The third kappa shape index (κ3) is 5.89. The summed E-state index contributed by atoms with van der Waals surface area (Å²) in [5, 5.41) is 13.0. The molecule has 1 atom stereocenters. The highest BCUT2D eigenvalue weighted by Crippen LogP contribution is 2.29. The van der Waals surface area contributed by atoms with Crippen LogP contribution in [0.2, 0.25) is 0 Å². The van der Waals surface area contributed by atoms with Gasteiger partial charge in [0.25, 0.3) is 5.91 Å². The summed E-state index contributed by atoms with van der Waals surface area (Å²) in [6, 6.07) is 14.6. The third-order valence-electron chi connectivity index (χ3n) is 5.14. The molecule has 2 aromatic rings. The summed E-state index contributed by atoms with van der Waals surface area (Å²) in [7, 11) is 0. The first-order chi connectivity index (χ1) is 15.0. The second-order valence-electron chi connectivity index (χ2n) is 7.29. The van der Waals surface area contributed by atoms with Crippen LogP contribution in [0, 0.1) is 0 Å². The minimum atomic E-state index is -0.707. The number of esters is 1. The maximum atomic E-state index is 12.7. The van der Waals surface area contributed by atoms with Gasteiger partial charge in [-0.3, -0.25) is 4.79 Å². The molecular weight excluding hydrogens is 418 g/mol. The average molecular weight is 446 g/mol. The Balaban J connectivity index is 1.73. The van der Waals surface area contributed by atoms with Crippen molar-refractivity contribution < 1.29 is 19.4 Å². The van der Waals surface area contributed by atoms with E-state index in [4.69, 9.17) is 16.3 Å². The summed E-state index contributed by atoms with van der Waals surface area (Å²) in [5.41, 5.74) is 2.75. The molecule has 1 aliphatic rings. The minimum Gasteiger partial charge on any atom is -0.462 e. The number of alkyl halides is 1. The van der Waals surface area contributed by atoms with Crippen LogP contribution in [0.15, 0.2) is 48.5 Å². The number of halogens is 1. The van der Waals surface area contributed by atoms with Crippen LogP contribution in [0.5, 0.6) is 0 Å². The van der Waals surface area contributed by atoms with E-state index in [1.807, 2.05) is 41.3 Å². The number of ether oxygens (including phenoxy) is 1. The highest BCUT2D eigenvalue weighted by Gasteiger charge is 2.24. The molecule has 2 aromatic carbocycles. The first-order valence-electron chi connectivity index (χ1n) is 10.4. The van der Waals surface area contributed by atoms with Gasteiger partial charge >= 0.3 is 5.97 Å². The average Bonchev–Trinajstić information content (AvgIpc) is 2.82. The Morgan fingerprint density at radius 3 is 2.45 bits per heavy atom. The summed E-state index contributed by atoms with van der Waals surface area (Å²) in [6.07, 6.45) is -0.707. The molecule has 8 heteroatoms. The summed E-state index contributed by atoms with van der Waals surface area (Å²) < 4.78 is 5.10. The van der Waals surface area contributed by atoms with Crippen LogP contribution in [0.25, 0.3) is 0 Å². The van der Waals surface area contributed by atoms with Crippen molar-refractivity contribution in [2.24, 2.45) is 0 Å². The van der Waals surface area contributed by atoms with Gasteiger partial charge in [0.1, 0.15) is 0 Å². The molecule has 0 aromatic heterocycles. The van der Waals surface area contributed by atoms with E-state index < -0.39 is 12.1 Å². The maximum Gasteiger partial charge on any atom is 0.338 e. The molecule has 1 fully saturated rings. The van der Waals surface area contributed by atoms with Gasteiger partial charge in [-0.05, 0) is 37.3 Å². The van der Waals surface area contributed by atoms with Gasteiger partial charge in [0.2, 0.25) is 0 Å². The number of amides is 1. The fraction of sp³-hybridized carbons (Fsp3) is 0.391. The zero-order valence-corrected chi connectivity index (χ0v) is 18.3. The number of aliphatic hydroxyl groups excluding tert-OH is 1. The second-order valence-corrected chi connectivity index (χ2v) is 7.60. The molecule has 0 aliphatic carbocycles. The summed E-state index contributed by atoms with van der Waals surface area (Å²) in [5.74, 6) is -0.255. The van der Waals surface area contributed by atoms with Gasteiger partial charge in [-0.1, -0.05) is 18.2 Å². The molecule has 1 aliphatic heterocycles. The number of hydrogen-bond donors (Lipinski definition) is 2. The van der Waals surface area contributed by atoms with Gasteiger partial charge < -0.3 is 25.0 Å². The Kier molecular flexibility index (Phi) is 8.14. The van der Waals surface area contributed by atoms with E-state index in [0.29, 0.717) is 43.9 Å². The lowest BCUT2D eigenvalue weighted by molar-refractivity contribution is 0.0526. The molecule has 0 radical (unpaired) electrons. The Morgan fingerprint density at radius 2 is 1.81 bits per heavy atom. The van der Waals surface area contributed by atoms with E-state index in [0.717, 1.165) is 11.4 Å². The lowest BCUT2D eigenvalue weighted by atomic mass is 10.1.